The quantitative estimate of drug-likeness (QED) is 0.828. The van der Waals surface area contributed by atoms with E-state index < -0.39 is 11.9 Å². The van der Waals surface area contributed by atoms with Crippen LogP contribution in [-0.2, 0) is 0 Å². The Kier molecular flexibility index (Phi) is 4.96. The molecule has 0 spiro atoms. The molecule has 0 fully saturated rings. The molecule has 1 aromatic rings. The summed E-state index contributed by atoms with van der Waals surface area (Å²) in [5.74, 6) is -0.430. The average molecular weight is 259 g/mol. The predicted molar refractivity (Wildman–Crippen MR) is 69.7 cm³/mol. The van der Waals surface area contributed by atoms with Crippen molar-refractivity contribution in [3.8, 4) is 0 Å². The van der Waals surface area contributed by atoms with E-state index in [1.54, 1.807) is 12.1 Å². The van der Waals surface area contributed by atoms with Crippen molar-refractivity contribution in [1.82, 2.24) is 0 Å². The second kappa shape index (κ2) is 5.83. The van der Waals surface area contributed by atoms with Gasteiger partial charge in [0.15, 0.2) is 0 Å². The van der Waals surface area contributed by atoms with Crippen molar-refractivity contribution >= 4 is 11.6 Å². The van der Waals surface area contributed by atoms with Crippen molar-refractivity contribution in [1.29, 1.82) is 0 Å². The van der Waals surface area contributed by atoms with E-state index in [1.165, 1.54) is 6.07 Å². The molecule has 17 heavy (non-hydrogen) atoms. The van der Waals surface area contributed by atoms with Gasteiger partial charge in [0.05, 0.1) is 6.10 Å². The lowest BCUT2D eigenvalue weighted by molar-refractivity contribution is 0.154. The van der Waals surface area contributed by atoms with Crippen LogP contribution >= 0.6 is 11.6 Å². The summed E-state index contributed by atoms with van der Waals surface area (Å²) in [6, 6.07) is 4.48. The Morgan fingerprint density at radius 1 is 1.35 bits per heavy atom. The van der Waals surface area contributed by atoms with Gasteiger partial charge in [-0.15, -0.1) is 0 Å². The molecule has 1 atom stereocenters. The fraction of sp³-hybridized carbons (Fsp3) is 0.571. The lowest BCUT2D eigenvalue weighted by Gasteiger charge is -2.19. The molecule has 1 aromatic carbocycles. The third-order valence-electron chi connectivity index (χ3n) is 2.74. The van der Waals surface area contributed by atoms with E-state index in [-0.39, 0.29) is 11.0 Å². The second-order valence-electron chi connectivity index (χ2n) is 5.60. The van der Waals surface area contributed by atoms with Gasteiger partial charge < -0.3 is 5.11 Å². The number of rotatable bonds is 4. The third kappa shape index (κ3) is 4.64. The first-order chi connectivity index (χ1) is 7.81. The molecular weight excluding hydrogens is 239 g/mol. The summed E-state index contributed by atoms with van der Waals surface area (Å²) in [5, 5.41) is 10.3. The normalized spacial score (nSPS) is 13.8. The van der Waals surface area contributed by atoms with Crippen molar-refractivity contribution in [3.63, 3.8) is 0 Å². The van der Waals surface area contributed by atoms with Crippen LogP contribution in [-0.4, -0.2) is 5.11 Å². The molecule has 1 rings (SSSR count). The zero-order chi connectivity index (χ0) is 13.1. The van der Waals surface area contributed by atoms with Crippen molar-refractivity contribution in [2.24, 2.45) is 5.41 Å². The first-order valence-electron chi connectivity index (χ1n) is 5.93. The molecule has 0 aliphatic heterocycles. The molecule has 0 aromatic heterocycles. The smallest absolute Gasteiger partial charge is 0.130 e. The highest BCUT2D eigenvalue weighted by atomic mass is 35.5. The first-order valence-corrected chi connectivity index (χ1v) is 6.31. The van der Waals surface area contributed by atoms with Gasteiger partial charge in [-0.2, -0.15) is 0 Å². The van der Waals surface area contributed by atoms with Crippen LogP contribution in [0.5, 0.6) is 0 Å². The molecule has 0 saturated heterocycles. The van der Waals surface area contributed by atoms with E-state index >= 15 is 0 Å². The summed E-state index contributed by atoms with van der Waals surface area (Å²) >= 11 is 5.89. The number of aliphatic hydroxyl groups is 1. The molecule has 0 aliphatic rings. The van der Waals surface area contributed by atoms with Gasteiger partial charge in [-0.05, 0) is 30.4 Å². The van der Waals surface area contributed by atoms with Gasteiger partial charge in [-0.1, -0.05) is 44.9 Å². The summed E-state index contributed by atoms with van der Waals surface area (Å²) in [7, 11) is 0. The predicted octanol–water partition coefficient (Wildman–Crippen LogP) is 4.73. The highest BCUT2D eigenvalue weighted by Gasteiger charge is 2.17. The Morgan fingerprint density at radius 3 is 2.53 bits per heavy atom. The lowest BCUT2D eigenvalue weighted by atomic mass is 9.88. The molecule has 0 saturated carbocycles. The van der Waals surface area contributed by atoms with E-state index in [0.717, 1.165) is 12.8 Å². The first kappa shape index (κ1) is 14.5. The van der Waals surface area contributed by atoms with Crippen molar-refractivity contribution in [2.45, 2.75) is 46.1 Å². The topological polar surface area (TPSA) is 20.2 Å². The van der Waals surface area contributed by atoms with Gasteiger partial charge in [0, 0.05) is 10.6 Å². The molecule has 0 radical (unpaired) electrons. The van der Waals surface area contributed by atoms with Crippen LogP contribution in [0, 0.1) is 11.2 Å². The standard InChI is InChI=1S/C14H20ClFO/c1-14(2,3)9-5-8-12(17)13-10(15)6-4-7-11(13)16/h4,6-7,12,17H,5,8-9H2,1-3H3. The summed E-state index contributed by atoms with van der Waals surface area (Å²) in [6.07, 6.45) is 1.58. The van der Waals surface area contributed by atoms with Crippen LogP contribution in [0.25, 0.3) is 0 Å². The van der Waals surface area contributed by atoms with Crippen LogP contribution in [0.15, 0.2) is 18.2 Å². The third-order valence-corrected chi connectivity index (χ3v) is 3.07. The molecule has 0 heterocycles. The van der Waals surface area contributed by atoms with Gasteiger partial charge in [0.2, 0.25) is 0 Å². The molecule has 1 nitrogen and oxygen atoms in total. The Morgan fingerprint density at radius 2 is 2.00 bits per heavy atom. The second-order valence-corrected chi connectivity index (χ2v) is 6.01. The monoisotopic (exact) mass is 258 g/mol. The Labute approximate surface area is 108 Å². The van der Waals surface area contributed by atoms with Gasteiger partial charge in [0.1, 0.15) is 5.82 Å². The summed E-state index contributed by atoms with van der Waals surface area (Å²) in [6.45, 7) is 6.44. The van der Waals surface area contributed by atoms with E-state index in [4.69, 9.17) is 11.6 Å². The average Bonchev–Trinajstić information content (AvgIpc) is 2.15. The van der Waals surface area contributed by atoms with Crippen molar-refractivity contribution in [2.75, 3.05) is 0 Å². The largest absolute Gasteiger partial charge is 0.388 e. The van der Waals surface area contributed by atoms with Gasteiger partial charge >= 0.3 is 0 Å². The summed E-state index contributed by atoms with van der Waals surface area (Å²) < 4.78 is 13.5. The molecule has 0 aliphatic carbocycles. The number of hydrogen-bond acceptors (Lipinski definition) is 1. The van der Waals surface area contributed by atoms with E-state index in [9.17, 15) is 9.50 Å². The van der Waals surface area contributed by atoms with Crippen LogP contribution in [0.2, 0.25) is 5.02 Å². The van der Waals surface area contributed by atoms with Crippen LogP contribution in [0.1, 0.15) is 51.7 Å². The molecule has 1 unspecified atom stereocenters. The number of halogens is 2. The Bertz CT molecular complexity index is 351. The fourth-order valence-corrected chi connectivity index (χ4v) is 2.09. The SMILES string of the molecule is CC(C)(C)CCCC(O)c1c(F)cccc1Cl. The molecule has 0 amide bonds. The Balaban J connectivity index is 2.61. The maximum Gasteiger partial charge on any atom is 0.130 e. The zero-order valence-electron chi connectivity index (χ0n) is 10.6. The van der Waals surface area contributed by atoms with Gasteiger partial charge in [0.25, 0.3) is 0 Å². The maximum atomic E-state index is 13.5. The summed E-state index contributed by atoms with van der Waals surface area (Å²) in [4.78, 5) is 0. The van der Waals surface area contributed by atoms with Gasteiger partial charge in [-0.3, -0.25) is 0 Å². The van der Waals surface area contributed by atoms with Crippen LogP contribution < -0.4 is 0 Å². The van der Waals surface area contributed by atoms with Crippen LogP contribution in [0.3, 0.4) is 0 Å². The molecule has 96 valence electrons. The summed E-state index contributed by atoms with van der Waals surface area (Å²) in [5.41, 5.74) is 0.460. The molecule has 0 bridgehead atoms. The van der Waals surface area contributed by atoms with Crippen LogP contribution in [0.4, 0.5) is 4.39 Å². The minimum Gasteiger partial charge on any atom is -0.388 e. The van der Waals surface area contributed by atoms with E-state index in [0.29, 0.717) is 11.4 Å². The minimum atomic E-state index is -0.814. The highest BCUT2D eigenvalue weighted by Crippen LogP contribution is 2.31. The fourth-order valence-electron chi connectivity index (χ4n) is 1.80. The van der Waals surface area contributed by atoms with E-state index in [1.807, 2.05) is 0 Å². The van der Waals surface area contributed by atoms with Crippen molar-refractivity contribution in [3.05, 3.63) is 34.6 Å². The van der Waals surface area contributed by atoms with Crippen molar-refractivity contribution < 1.29 is 9.50 Å². The zero-order valence-corrected chi connectivity index (χ0v) is 11.4. The Hall–Kier alpha value is -0.600. The minimum absolute atomic E-state index is 0.225. The molecule has 3 heteroatoms. The molecule has 1 N–H and O–H groups in total. The van der Waals surface area contributed by atoms with Gasteiger partial charge in [-0.25, -0.2) is 4.39 Å². The highest BCUT2D eigenvalue weighted by molar-refractivity contribution is 6.31. The number of hydrogen-bond donors (Lipinski definition) is 1. The maximum absolute atomic E-state index is 13.5. The van der Waals surface area contributed by atoms with E-state index in [2.05, 4.69) is 20.8 Å². The lowest BCUT2D eigenvalue weighted by Crippen LogP contribution is -2.07. The molecular formula is C14H20ClFO. The number of aliphatic hydroxyl groups excluding tert-OH is 1. The number of benzene rings is 1.